The monoisotopic (exact) mass is 419 g/mol. The average molecular weight is 419 g/mol. The van der Waals surface area contributed by atoms with Gasteiger partial charge in [-0.2, -0.15) is 8.42 Å². The van der Waals surface area contributed by atoms with Gasteiger partial charge in [-0.1, -0.05) is 48.0 Å². The van der Waals surface area contributed by atoms with Gasteiger partial charge in [-0.05, 0) is 31.5 Å². The number of hydrogen-bond acceptors (Lipinski definition) is 6. The van der Waals surface area contributed by atoms with E-state index in [9.17, 15) is 13.2 Å². The van der Waals surface area contributed by atoms with E-state index in [0.29, 0.717) is 13.2 Å². The van der Waals surface area contributed by atoms with Crippen molar-refractivity contribution in [3.05, 3.63) is 65.7 Å². The van der Waals surface area contributed by atoms with Crippen LogP contribution in [-0.4, -0.2) is 51.3 Å². The van der Waals surface area contributed by atoms with Crippen molar-refractivity contribution in [1.29, 1.82) is 0 Å². The van der Waals surface area contributed by atoms with Crippen LogP contribution in [0.4, 0.5) is 4.79 Å². The Morgan fingerprint density at radius 3 is 2.52 bits per heavy atom. The Morgan fingerprint density at radius 2 is 1.83 bits per heavy atom. The smallest absolute Gasteiger partial charge is 0.410 e. The van der Waals surface area contributed by atoms with Gasteiger partial charge in [-0.25, -0.2) is 4.79 Å². The van der Waals surface area contributed by atoms with Gasteiger partial charge in [-0.15, -0.1) is 0 Å². The molecule has 0 saturated carbocycles. The Kier molecular flexibility index (Phi) is 6.89. The Bertz CT molecular complexity index is 914. The highest BCUT2D eigenvalue weighted by molar-refractivity contribution is 7.86. The fourth-order valence-corrected chi connectivity index (χ4v) is 3.87. The molecule has 0 aliphatic carbocycles. The molecule has 1 aliphatic heterocycles. The van der Waals surface area contributed by atoms with E-state index in [4.69, 9.17) is 13.7 Å². The molecule has 0 spiro atoms. The topological polar surface area (TPSA) is 82.1 Å². The van der Waals surface area contributed by atoms with E-state index in [1.54, 1.807) is 12.1 Å². The van der Waals surface area contributed by atoms with Gasteiger partial charge in [0.25, 0.3) is 10.1 Å². The van der Waals surface area contributed by atoms with E-state index in [-0.39, 0.29) is 24.1 Å². The Labute approximate surface area is 171 Å². The second kappa shape index (κ2) is 9.39. The summed E-state index contributed by atoms with van der Waals surface area (Å²) in [5, 5.41) is 0. The molecule has 1 heterocycles. The fourth-order valence-electron chi connectivity index (χ4n) is 2.94. The van der Waals surface area contributed by atoms with Crippen LogP contribution in [0.25, 0.3) is 0 Å². The van der Waals surface area contributed by atoms with E-state index < -0.39 is 22.3 Å². The van der Waals surface area contributed by atoms with Gasteiger partial charge in [0.15, 0.2) is 0 Å². The summed E-state index contributed by atoms with van der Waals surface area (Å²) in [6.45, 7) is 4.55. The molecule has 8 heteroatoms. The van der Waals surface area contributed by atoms with Gasteiger partial charge in [0.1, 0.15) is 12.7 Å². The van der Waals surface area contributed by atoms with Gasteiger partial charge < -0.3 is 9.47 Å². The zero-order valence-corrected chi connectivity index (χ0v) is 17.3. The maximum absolute atomic E-state index is 12.3. The summed E-state index contributed by atoms with van der Waals surface area (Å²) >= 11 is 0. The number of nitrogens with zero attached hydrogens (tertiary/aromatic N) is 1. The number of benzene rings is 2. The minimum absolute atomic E-state index is 0.0759. The number of carbonyl (C=O) groups is 1. The van der Waals surface area contributed by atoms with Crippen molar-refractivity contribution < 1.29 is 26.9 Å². The van der Waals surface area contributed by atoms with Crippen molar-refractivity contribution in [2.24, 2.45) is 0 Å². The van der Waals surface area contributed by atoms with Crippen molar-refractivity contribution in [2.75, 3.05) is 19.8 Å². The third-order valence-corrected chi connectivity index (χ3v) is 5.92. The summed E-state index contributed by atoms with van der Waals surface area (Å²) < 4.78 is 40.6. The van der Waals surface area contributed by atoms with Crippen molar-refractivity contribution >= 4 is 16.2 Å². The van der Waals surface area contributed by atoms with Crippen LogP contribution in [0.15, 0.2) is 59.5 Å². The lowest BCUT2D eigenvalue weighted by atomic mass is 10.2. The normalized spacial score (nSPS) is 17.9. The summed E-state index contributed by atoms with van der Waals surface area (Å²) in [4.78, 5) is 13.7. The lowest BCUT2D eigenvalue weighted by Gasteiger charge is -2.21. The molecule has 7 nitrogen and oxygen atoms in total. The molecule has 29 heavy (non-hydrogen) atoms. The first-order valence-corrected chi connectivity index (χ1v) is 10.8. The molecule has 2 aromatic carbocycles. The third kappa shape index (κ3) is 5.79. The first-order valence-electron chi connectivity index (χ1n) is 9.40. The van der Waals surface area contributed by atoms with Crippen LogP contribution in [0, 0.1) is 6.92 Å². The molecule has 0 bridgehead atoms. The lowest BCUT2D eigenvalue weighted by molar-refractivity contribution is 0.0701. The van der Waals surface area contributed by atoms with Crippen LogP contribution < -0.4 is 0 Å². The second-order valence-electron chi connectivity index (χ2n) is 7.06. The molecule has 1 fully saturated rings. The SMILES string of the molecule is Cc1ccc(S(=O)(=O)OC[C@H]2CN(C(C)COCc3ccccc3)C(=O)O2)cc1. The van der Waals surface area contributed by atoms with Crippen LogP contribution in [0.2, 0.25) is 0 Å². The van der Waals surface area contributed by atoms with E-state index >= 15 is 0 Å². The lowest BCUT2D eigenvalue weighted by Crippen LogP contribution is -2.38. The minimum Gasteiger partial charge on any atom is -0.442 e. The van der Waals surface area contributed by atoms with Crippen LogP contribution >= 0.6 is 0 Å². The summed E-state index contributed by atoms with van der Waals surface area (Å²) in [5.41, 5.74) is 2.00. The molecule has 2 atom stereocenters. The van der Waals surface area contributed by atoms with Crippen LogP contribution in [-0.2, 0) is 30.4 Å². The molecule has 0 aromatic heterocycles. The zero-order chi connectivity index (χ0) is 20.9. The number of aryl methyl sites for hydroxylation is 1. The third-order valence-electron chi connectivity index (χ3n) is 4.62. The zero-order valence-electron chi connectivity index (χ0n) is 16.5. The Balaban J connectivity index is 1.47. The van der Waals surface area contributed by atoms with Crippen LogP contribution in [0.3, 0.4) is 0 Å². The summed E-state index contributed by atoms with van der Waals surface area (Å²) in [6, 6.07) is 15.9. The van der Waals surface area contributed by atoms with Crippen molar-refractivity contribution in [3.8, 4) is 0 Å². The highest BCUT2D eigenvalue weighted by atomic mass is 32.2. The van der Waals surface area contributed by atoms with Crippen molar-refractivity contribution in [1.82, 2.24) is 4.90 Å². The van der Waals surface area contributed by atoms with Crippen LogP contribution in [0.1, 0.15) is 18.1 Å². The highest BCUT2D eigenvalue weighted by Gasteiger charge is 2.35. The molecule has 3 rings (SSSR count). The molecule has 156 valence electrons. The van der Waals surface area contributed by atoms with Crippen molar-refractivity contribution in [3.63, 3.8) is 0 Å². The van der Waals surface area contributed by atoms with E-state index in [2.05, 4.69) is 0 Å². The number of rotatable bonds is 9. The number of ether oxygens (including phenoxy) is 2. The largest absolute Gasteiger partial charge is 0.442 e. The predicted molar refractivity (Wildman–Crippen MR) is 107 cm³/mol. The number of carbonyl (C=O) groups excluding carboxylic acids is 1. The first kappa shape index (κ1) is 21.3. The quantitative estimate of drug-likeness (QED) is 0.581. The van der Waals surface area contributed by atoms with Crippen LogP contribution in [0.5, 0.6) is 0 Å². The molecular weight excluding hydrogens is 394 g/mol. The highest BCUT2D eigenvalue weighted by Crippen LogP contribution is 2.19. The standard InChI is InChI=1S/C21H25NO6S/c1-16-8-10-20(11-9-16)29(24,25)27-15-19-12-22(21(23)28-19)17(2)13-26-14-18-6-4-3-5-7-18/h3-11,17,19H,12-15H2,1-2H3/t17?,19-/m1/s1. The van der Waals surface area contributed by atoms with Gasteiger partial charge in [-0.3, -0.25) is 9.08 Å². The van der Waals surface area contributed by atoms with Gasteiger partial charge >= 0.3 is 6.09 Å². The van der Waals surface area contributed by atoms with E-state index in [1.165, 1.54) is 17.0 Å². The number of cyclic esters (lactones) is 1. The summed E-state index contributed by atoms with van der Waals surface area (Å²) in [5.74, 6) is 0. The molecule has 1 amide bonds. The number of hydrogen-bond donors (Lipinski definition) is 0. The van der Waals surface area contributed by atoms with Gasteiger partial charge in [0.2, 0.25) is 0 Å². The molecule has 1 aliphatic rings. The molecule has 2 aromatic rings. The molecule has 0 N–H and O–H groups in total. The molecule has 1 unspecified atom stereocenters. The Morgan fingerprint density at radius 1 is 1.14 bits per heavy atom. The predicted octanol–water partition coefficient (Wildman–Crippen LogP) is 3.13. The van der Waals surface area contributed by atoms with E-state index in [1.807, 2.05) is 44.2 Å². The average Bonchev–Trinajstić information content (AvgIpc) is 3.08. The van der Waals surface area contributed by atoms with Gasteiger partial charge in [0, 0.05) is 0 Å². The van der Waals surface area contributed by atoms with E-state index in [0.717, 1.165) is 11.1 Å². The summed E-state index contributed by atoms with van der Waals surface area (Å²) in [6.07, 6.45) is -1.15. The summed E-state index contributed by atoms with van der Waals surface area (Å²) in [7, 11) is -3.90. The molecular formula is C21H25NO6S. The van der Waals surface area contributed by atoms with Gasteiger partial charge in [0.05, 0.1) is 30.7 Å². The minimum atomic E-state index is -3.90. The molecule has 1 saturated heterocycles. The Hall–Kier alpha value is -2.42. The first-order chi connectivity index (χ1) is 13.8. The molecule has 0 radical (unpaired) electrons. The second-order valence-corrected chi connectivity index (χ2v) is 8.67. The maximum atomic E-state index is 12.3. The maximum Gasteiger partial charge on any atom is 0.410 e. The van der Waals surface area contributed by atoms with Crippen molar-refractivity contribution in [2.45, 2.75) is 37.5 Å². The number of amides is 1. The fraction of sp³-hybridized carbons (Fsp3) is 0.381.